The second kappa shape index (κ2) is 9.48. The summed E-state index contributed by atoms with van der Waals surface area (Å²) in [6, 6.07) is 6.53. The molecule has 4 aromatic rings. The Kier molecular flexibility index (Phi) is 6.30. The summed E-state index contributed by atoms with van der Waals surface area (Å²) in [5.41, 5.74) is -1.27. The number of aliphatic hydroxyl groups is 2. The van der Waals surface area contributed by atoms with Crippen molar-refractivity contribution in [2.75, 3.05) is 21.3 Å². The minimum Gasteiger partial charge on any atom is -0.506 e. The van der Waals surface area contributed by atoms with Crippen molar-refractivity contribution in [2.24, 2.45) is 0 Å². The van der Waals surface area contributed by atoms with Crippen molar-refractivity contribution >= 4 is 33.1 Å². The van der Waals surface area contributed by atoms with Gasteiger partial charge in [-0.05, 0) is 60.0 Å². The number of carbonyl (C=O) groups is 2. The van der Waals surface area contributed by atoms with Crippen LogP contribution >= 0.6 is 0 Å². The number of methoxy groups -OCH3 is 3. The van der Waals surface area contributed by atoms with Crippen LogP contribution in [-0.4, -0.2) is 69.6 Å². The number of hydrogen-bond acceptors (Lipinski definition) is 10. The largest absolute Gasteiger partial charge is 0.506 e. The maximum absolute atomic E-state index is 13.0. The van der Waals surface area contributed by atoms with Crippen LogP contribution in [-0.2, 0) is 12.8 Å². The van der Waals surface area contributed by atoms with Gasteiger partial charge in [0, 0.05) is 25.7 Å². The van der Waals surface area contributed by atoms with Crippen LogP contribution in [0.2, 0.25) is 0 Å². The van der Waals surface area contributed by atoms with E-state index in [4.69, 9.17) is 14.2 Å². The monoisotopic (exact) mass is 588 g/mol. The molecule has 10 heteroatoms. The molecule has 2 aliphatic carbocycles. The van der Waals surface area contributed by atoms with E-state index in [1.54, 1.807) is 38.1 Å². The Morgan fingerprint density at radius 1 is 0.581 bits per heavy atom. The van der Waals surface area contributed by atoms with Gasteiger partial charge in [0.1, 0.15) is 34.5 Å². The van der Waals surface area contributed by atoms with Gasteiger partial charge in [0.05, 0.1) is 65.6 Å². The molecular formula is C33H32O10. The molecule has 0 aromatic heterocycles. The summed E-state index contributed by atoms with van der Waals surface area (Å²) in [5.74, 6) is -1.62. The summed E-state index contributed by atoms with van der Waals surface area (Å²) in [6.45, 7) is 3.12. The quantitative estimate of drug-likeness (QED) is 0.228. The predicted octanol–water partition coefficient (Wildman–Crippen LogP) is 4.56. The average Bonchev–Trinajstić information content (AvgIpc) is 2.89. The zero-order chi connectivity index (χ0) is 31.2. The number of phenolic OH excluding ortho intramolecular Hbond substituents is 3. The first kappa shape index (κ1) is 28.6. The molecule has 4 aromatic carbocycles. The lowest BCUT2D eigenvalue weighted by Gasteiger charge is -2.30. The maximum atomic E-state index is 13.0. The minimum atomic E-state index is -1.28. The molecule has 0 heterocycles. The number of hydrogen-bond donors (Lipinski definition) is 5. The Morgan fingerprint density at radius 2 is 1.00 bits per heavy atom. The summed E-state index contributed by atoms with van der Waals surface area (Å²) in [4.78, 5) is 26.0. The molecule has 0 spiro atoms. The fourth-order valence-corrected chi connectivity index (χ4v) is 6.83. The first-order valence-corrected chi connectivity index (χ1v) is 13.8. The summed E-state index contributed by atoms with van der Waals surface area (Å²) in [6.07, 6.45) is -0.0677. The van der Waals surface area contributed by atoms with E-state index in [1.165, 1.54) is 21.3 Å². The van der Waals surface area contributed by atoms with Crippen LogP contribution in [0.4, 0.5) is 0 Å². The zero-order valence-corrected chi connectivity index (χ0v) is 24.4. The van der Waals surface area contributed by atoms with Crippen LogP contribution in [0, 0.1) is 0 Å². The van der Waals surface area contributed by atoms with Gasteiger partial charge in [-0.2, -0.15) is 0 Å². The number of phenols is 3. The fraction of sp³-hybridized carbons (Fsp3) is 0.333. The van der Waals surface area contributed by atoms with E-state index in [1.807, 2.05) is 0 Å². The molecule has 0 aliphatic heterocycles. The van der Waals surface area contributed by atoms with E-state index in [2.05, 4.69) is 0 Å². The highest BCUT2D eigenvalue weighted by Gasteiger charge is 2.38. The summed E-state index contributed by atoms with van der Waals surface area (Å²) >= 11 is 0. The number of ketones is 2. The molecule has 0 radical (unpaired) electrons. The molecule has 0 fully saturated rings. The van der Waals surface area contributed by atoms with E-state index >= 15 is 0 Å². The molecule has 0 saturated heterocycles. The lowest BCUT2D eigenvalue weighted by molar-refractivity contribution is 0.0396. The minimum absolute atomic E-state index is 0.0132. The van der Waals surface area contributed by atoms with E-state index in [0.717, 1.165) is 0 Å². The van der Waals surface area contributed by atoms with Crippen LogP contribution < -0.4 is 14.2 Å². The predicted molar refractivity (Wildman–Crippen MR) is 158 cm³/mol. The third-order valence-corrected chi connectivity index (χ3v) is 8.50. The van der Waals surface area contributed by atoms with Crippen LogP contribution in [0.5, 0.6) is 34.5 Å². The average molecular weight is 589 g/mol. The van der Waals surface area contributed by atoms with Crippen molar-refractivity contribution in [2.45, 2.75) is 50.7 Å². The van der Waals surface area contributed by atoms with E-state index in [9.17, 15) is 35.1 Å². The van der Waals surface area contributed by atoms with Crippen molar-refractivity contribution < 1.29 is 49.3 Å². The lowest BCUT2D eigenvalue weighted by atomic mass is 9.78. The Morgan fingerprint density at radius 3 is 1.47 bits per heavy atom. The topological polar surface area (TPSA) is 163 Å². The molecule has 5 N–H and O–H groups in total. The number of aromatic hydroxyl groups is 3. The number of rotatable bonds is 4. The van der Waals surface area contributed by atoms with Crippen molar-refractivity contribution in [3.63, 3.8) is 0 Å². The highest BCUT2D eigenvalue weighted by molar-refractivity contribution is 6.14. The number of fused-ring (bicyclic) bond motifs is 4. The van der Waals surface area contributed by atoms with Crippen LogP contribution in [0.3, 0.4) is 0 Å². The highest BCUT2D eigenvalue weighted by Crippen LogP contribution is 2.56. The molecule has 224 valence electrons. The first-order valence-electron chi connectivity index (χ1n) is 13.8. The third-order valence-electron chi connectivity index (χ3n) is 8.50. The Balaban J connectivity index is 1.71. The van der Waals surface area contributed by atoms with Gasteiger partial charge in [0.2, 0.25) is 0 Å². The van der Waals surface area contributed by atoms with E-state index < -0.39 is 34.3 Å². The fourth-order valence-electron chi connectivity index (χ4n) is 6.83. The number of ether oxygens (including phenoxy) is 3. The van der Waals surface area contributed by atoms with Gasteiger partial charge in [-0.1, -0.05) is 0 Å². The Bertz CT molecular complexity index is 1900. The molecule has 0 amide bonds. The van der Waals surface area contributed by atoms with Gasteiger partial charge < -0.3 is 39.7 Å². The van der Waals surface area contributed by atoms with Gasteiger partial charge in [0.25, 0.3) is 0 Å². The van der Waals surface area contributed by atoms with E-state index in [0.29, 0.717) is 21.9 Å². The first-order chi connectivity index (χ1) is 20.2. The molecule has 6 rings (SSSR count). The number of carbonyl (C=O) groups excluding carboxylic acids is 2. The Labute approximate surface area is 246 Å². The second-order valence-electron chi connectivity index (χ2n) is 12.1. The molecule has 0 saturated carbocycles. The van der Waals surface area contributed by atoms with Crippen molar-refractivity contribution in [1.29, 1.82) is 0 Å². The summed E-state index contributed by atoms with van der Waals surface area (Å²) in [5, 5.41) is 56.8. The molecule has 0 bridgehead atoms. The lowest BCUT2D eigenvalue weighted by Crippen LogP contribution is -2.35. The van der Waals surface area contributed by atoms with E-state index in [-0.39, 0.29) is 81.7 Å². The molecule has 0 unspecified atom stereocenters. The summed E-state index contributed by atoms with van der Waals surface area (Å²) in [7, 11) is 4.18. The van der Waals surface area contributed by atoms with Crippen LogP contribution in [0.25, 0.3) is 32.7 Å². The van der Waals surface area contributed by atoms with Gasteiger partial charge in [-0.15, -0.1) is 0 Å². The second-order valence-corrected chi connectivity index (χ2v) is 12.1. The van der Waals surface area contributed by atoms with Gasteiger partial charge in [0.15, 0.2) is 11.6 Å². The Hall–Kier alpha value is -4.54. The number of benzene rings is 4. The number of Topliss-reactive ketones (excluding diaryl/α,β-unsaturated/α-hetero) is 2. The molecular weight excluding hydrogens is 556 g/mol. The van der Waals surface area contributed by atoms with Crippen molar-refractivity contribution in [1.82, 2.24) is 0 Å². The van der Waals surface area contributed by atoms with Gasteiger partial charge >= 0.3 is 0 Å². The van der Waals surface area contributed by atoms with Crippen LogP contribution in [0.15, 0.2) is 24.3 Å². The van der Waals surface area contributed by atoms with Crippen molar-refractivity contribution in [3.8, 4) is 45.6 Å². The maximum Gasteiger partial charge on any atom is 0.169 e. The zero-order valence-electron chi connectivity index (χ0n) is 24.4. The molecule has 2 atom stereocenters. The normalized spacial score (nSPS) is 21.6. The highest BCUT2D eigenvalue weighted by atomic mass is 16.5. The third kappa shape index (κ3) is 4.24. The van der Waals surface area contributed by atoms with Crippen molar-refractivity contribution in [3.05, 3.63) is 46.5 Å². The van der Waals surface area contributed by atoms with Crippen LogP contribution in [0.1, 0.15) is 58.5 Å². The summed E-state index contributed by atoms with van der Waals surface area (Å²) < 4.78 is 17.2. The van der Waals surface area contributed by atoms with Gasteiger partial charge in [-0.3, -0.25) is 9.59 Å². The van der Waals surface area contributed by atoms with Gasteiger partial charge in [-0.25, -0.2) is 0 Å². The standard InChI is InChI=1S/C33H32O10/c1-32(39)10-16-6-14-8-20(41-3)26(30(38)24(14)28(36)22(16)18(34)12-32)27-21(42-4)9-15-7-17-11-33(2,40)13-19(35)23(17)29(37)25(15)31(27)43-5/h6-9,36-40H,10-13H2,1-5H3/t32-,33-/m1/s1. The molecule has 2 aliphatic rings. The SMILES string of the molecule is COc1cc2cc3c(c(O)c2c(O)c1-c1c(OC)cc2cc4c(c(O)c2c1OC)C(=O)C[C@](C)(O)C4)C(=O)C[C@](C)(O)C3. The molecule has 10 nitrogen and oxygen atoms in total. The smallest absolute Gasteiger partial charge is 0.169 e. The molecule has 43 heavy (non-hydrogen) atoms.